The van der Waals surface area contributed by atoms with Crippen molar-refractivity contribution in [3.8, 4) is 5.75 Å². The normalized spacial score (nSPS) is 10.9. The molecule has 1 heterocycles. The summed E-state index contributed by atoms with van der Waals surface area (Å²) in [6, 6.07) is 16.5. The summed E-state index contributed by atoms with van der Waals surface area (Å²) in [7, 11) is 0. The second kappa shape index (κ2) is 5.65. The zero-order chi connectivity index (χ0) is 13.9. The highest BCUT2D eigenvalue weighted by Crippen LogP contribution is 2.31. The van der Waals surface area contributed by atoms with E-state index in [2.05, 4.69) is 43.3 Å². The number of benzene rings is 2. The van der Waals surface area contributed by atoms with Crippen LogP contribution in [0.4, 0.5) is 0 Å². The van der Waals surface area contributed by atoms with E-state index in [1.807, 2.05) is 12.1 Å². The van der Waals surface area contributed by atoms with Crippen molar-refractivity contribution in [1.29, 1.82) is 0 Å². The lowest BCUT2D eigenvalue weighted by Crippen LogP contribution is -2.01. The van der Waals surface area contributed by atoms with Crippen LogP contribution >= 0.6 is 11.3 Å². The van der Waals surface area contributed by atoms with E-state index in [9.17, 15) is 0 Å². The van der Waals surface area contributed by atoms with Crippen LogP contribution in [-0.2, 0) is 13.2 Å². The first-order chi connectivity index (χ1) is 9.78. The van der Waals surface area contributed by atoms with Crippen LogP contribution in [0.5, 0.6) is 5.75 Å². The van der Waals surface area contributed by atoms with Crippen LogP contribution in [0.15, 0.2) is 48.5 Å². The van der Waals surface area contributed by atoms with E-state index in [-0.39, 0.29) is 0 Å². The Bertz CT molecular complexity index is 715. The minimum Gasteiger partial charge on any atom is -0.489 e. The van der Waals surface area contributed by atoms with Crippen LogP contribution in [-0.4, -0.2) is 0 Å². The van der Waals surface area contributed by atoms with Crippen LogP contribution in [0, 0.1) is 6.92 Å². The van der Waals surface area contributed by atoms with E-state index in [0.29, 0.717) is 13.2 Å². The fourth-order valence-electron chi connectivity index (χ4n) is 2.26. The van der Waals surface area contributed by atoms with E-state index in [0.717, 1.165) is 5.75 Å². The number of ether oxygens (including phenoxy) is 1. The molecule has 3 rings (SSSR count). The largest absolute Gasteiger partial charge is 0.489 e. The Morgan fingerprint density at radius 1 is 1.05 bits per heavy atom. The van der Waals surface area contributed by atoms with Gasteiger partial charge in [0, 0.05) is 21.7 Å². The molecule has 0 aliphatic heterocycles. The van der Waals surface area contributed by atoms with Crippen molar-refractivity contribution in [2.75, 3.05) is 0 Å². The fraction of sp³-hybridized carbons (Fsp3) is 0.176. The average molecular weight is 283 g/mol. The topological polar surface area (TPSA) is 35.2 Å². The number of thiophene rings is 1. The number of rotatable bonds is 4. The molecule has 0 spiro atoms. The SMILES string of the molecule is Cc1ccc(OCc2c(CN)sc3ccccc23)cc1. The first-order valence-electron chi connectivity index (χ1n) is 6.67. The molecule has 0 atom stereocenters. The molecule has 0 fully saturated rings. The van der Waals surface area contributed by atoms with Crippen LogP contribution in [0.2, 0.25) is 0 Å². The Hall–Kier alpha value is -1.84. The second-order valence-corrected chi connectivity index (χ2v) is 5.94. The Kier molecular flexibility index (Phi) is 3.72. The molecule has 1 aromatic heterocycles. The lowest BCUT2D eigenvalue weighted by Gasteiger charge is -2.07. The van der Waals surface area contributed by atoms with E-state index >= 15 is 0 Å². The first kappa shape index (κ1) is 13.2. The molecule has 0 bridgehead atoms. The zero-order valence-electron chi connectivity index (χ0n) is 11.4. The van der Waals surface area contributed by atoms with Gasteiger partial charge < -0.3 is 10.5 Å². The number of nitrogens with two attached hydrogens (primary N) is 1. The van der Waals surface area contributed by atoms with Crippen LogP contribution in [0.25, 0.3) is 10.1 Å². The van der Waals surface area contributed by atoms with Crippen LogP contribution in [0.1, 0.15) is 16.0 Å². The van der Waals surface area contributed by atoms with E-state index < -0.39 is 0 Å². The molecule has 0 saturated heterocycles. The van der Waals surface area contributed by atoms with Gasteiger partial charge in [0.1, 0.15) is 12.4 Å². The quantitative estimate of drug-likeness (QED) is 0.777. The highest BCUT2D eigenvalue weighted by Gasteiger charge is 2.11. The maximum atomic E-state index is 5.91. The summed E-state index contributed by atoms with van der Waals surface area (Å²) in [6.45, 7) is 3.20. The van der Waals surface area contributed by atoms with Crippen molar-refractivity contribution in [2.24, 2.45) is 5.73 Å². The maximum Gasteiger partial charge on any atom is 0.119 e. The van der Waals surface area contributed by atoms with Gasteiger partial charge >= 0.3 is 0 Å². The van der Waals surface area contributed by atoms with E-state index in [1.165, 1.54) is 26.1 Å². The third-order valence-corrected chi connectivity index (χ3v) is 4.61. The van der Waals surface area contributed by atoms with E-state index in [1.54, 1.807) is 11.3 Å². The molecular weight excluding hydrogens is 266 g/mol. The number of hydrogen-bond acceptors (Lipinski definition) is 3. The molecular formula is C17H17NOS. The van der Waals surface area contributed by atoms with Crippen molar-refractivity contribution in [1.82, 2.24) is 0 Å². The van der Waals surface area contributed by atoms with E-state index in [4.69, 9.17) is 10.5 Å². The summed E-state index contributed by atoms with van der Waals surface area (Å²) in [5, 5.41) is 1.25. The van der Waals surface area contributed by atoms with Crippen molar-refractivity contribution in [3.63, 3.8) is 0 Å². The number of fused-ring (bicyclic) bond motifs is 1. The molecule has 20 heavy (non-hydrogen) atoms. The number of hydrogen-bond donors (Lipinski definition) is 1. The fourth-order valence-corrected chi connectivity index (χ4v) is 3.35. The monoisotopic (exact) mass is 283 g/mol. The van der Waals surface area contributed by atoms with Gasteiger partial charge in [0.25, 0.3) is 0 Å². The molecule has 2 nitrogen and oxygen atoms in total. The minimum absolute atomic E-state index is 0.561. The Labute approximate surface area is 122 Å². The predicted octanol–water partition coefficient (Wildman–Crippen LogP) is 4.25. The Balaban J connectivity index is 1.88. The average Bonchev–Trinajstić information content (AvgIpc) is 2.84. The maximum absolute atomic E-state index is 5.91. The van der Waals surface area contributed by atoms with Crippen molar-refractivity contribution < 1.29 is 4.74 Å². The molecule has 2 N–H and O–H groups in total. The summed E-state index contributed by atoms with van der Waals surface area (Å²) < 4.78 is 7.18. The van der Waals surface area contributed by atoms with Crippen molar-refractivity contribution in [2.45, 2.75) is 20.1 Å². The summed E-state index contributed by atoms with van der Waals surface area (Å²) in [5.41, 5.74) is 8.31. The molecule has 0 radical (unpaired) electrons. The molecule has 102 valence electrons. The molecule has 2 aromatic carbocycles. The molecule has 0 unspecified atom stereocenters. The van der Waals surface area contributed by atoms with Crippen molar-refractivity contribution >= 4 is 21.4 Å². The molecule has 3 aromatic rings. The summed E-state index contributed by atoms with van der Waals surface area (Å²) in [4.78, 5) is 1.21. The van der Waals surface area contributed by atoms with Gasteiger partial charge in [-0.05, 0) is 30.5 Å². The zero-order valence-corrected chi connectivity index (χ0v) is 12.2. The highest BCUT2D eigenvalue weighted by molar-refractivity contribution is 7.19. The first-order valence-corrected chi connectivity index (χ1v) is 7.48. The predicted molar refractivity (Wildman–Crippen MR) is 85.2 cm³/mol. The summed E-state index contributed by atoms with van der Waals surface area (Å²) in [6.07, 6.45) is 0. The van der Waals surface area contributed by atoms with Gasteiger partial charge in [-0.25, -0.2) is 0 Å². The van der Waals surface area contributed by atoms with Crippen LogP contribution < -0.4 is 10.5 Å². The lowest BCUT2D eigenvalue weighted by molar-refractivity contribution is 0.307. The third-order valence-electron chi connectivity index (χ3n) is 3.37. The van der Waals surface area contributed by atoms with Crippen molar-refractivity contribution in [3.05, 3.63) is 64.5 Å². The third kappa shape index (κ3) is 2.55. The highest BCUT2D eigenvalue weighted by atomic mass is 32.1. The second-order valence-electron chi connectivity index (χ2n) is 4.81. The van der Waals surface area contributed by atoms with Gasteiger partial charge in [0.15, 0.2) is 0 Å². The summed E-state index contributed by atoms with van der Waals surface area (Å²) >= 11 is 1.76. The molecule has 0 amide bonds. The minimum atomic E-state index is 0.561. The molecule has 0 aliphatic rings. The van der Waals surface area contributed by atoms with Gasteiger partial charge in [0.05, 0.1) is 0 Å². The van der Waals surface area contributed by atoms with Crippen LogP contribution in [0.3, 0.4) is 0 Å². The lowest BCUT2D eigenvalue weighted by atomic mass is 10.1. The molecule has 3 heteroatoms. The van der Waals surface area contributed by atoms with Gasteiger partial charge in [-0.3, -0.25) is 0 Å². The van der Waals surface area contributed by atoms with Gasteiger partial charge in [-0.1, -0.05) is 35.9 Å². The van der Waals surface area contributed by atoms with Gasteiger partial charge in [-0.15, -0.1) is 11.3 Å². The molecule has 0 aliphatic carbocycles. The van der Waals surface area contributed by atoms with Gasteiger partial charge in [0.2, 0.25) is 0 Å². The standard InChI is InChI=1S/C17H17NOS/c1-12-6-8-13(9-7-12)19-11-15-14-4-2-3-5-16(14)20-17(15)10-18/h2-9H,10-11,18H2,1H3. The number of aryl methyl sites for hydroxylation is 1. The summed E-state index contributed by atoms with van der Waals surface area (Å²) in [5.74, 6) is 0.897. The molecule has 0 saturated carbocycles. The smallest absolute Gasteiger partial charge is 0.119 e. The van der Waals surface area contributed by atoms with Gasteiger partial charge in [-0.2, -0.15) is 0 Å². The Morgan fingerprint density at radius 2 is 1.80 bits per heavy atom. The Morgan fingerprint density at radius 3 is 2.55 bits per heavy atom.